The van der Waals surface area contributed by atoms with Crippen LogP contribution >= 0.6 is 0 Å². The summed E-state index contributed by atoms with van der Waals surface area (Å²) in [7, 11) is 0. The van der Waals surface area contributed by atoms with Crippen LogP contribution in [-0.4, -0.2) is 64.8 Å². The van der Waals surface area contributed by atoms with Gasteiger partial charge < -0.3 is 38.3 Å². The second-order valence-corrected chi connectivity index (χ2v) is 9.08. The number of carboxylic acids is 1. The Morgan fingerprint density at radius 1 is 0.771 bits per heavy atom. The third-order valence-corrected chi connectivity index (χ3v) is 5.46. The minimum absolute atomic E-state index is 0.114. The second-order valence-electron chi connectivity index (χ2n) is 9.08. The van der Waals surface area contributed by atoms with Crippen molar-refractivity contribution >= 4 is 35.5 Å². The van der Waals surface area contributed by atoms with E-state index in [0.29, 0.717) is 12.8 Å². The van der Waals surface area contributed by atoms with Gasteiger partial charge in [-0.25, -0.2) is 4.79 Å². The van der Waals surface area contributed by atoms with Gasteiger partial charge in [-0.3, -0.25) is 24.0 Å². The fourth-order valence-electron chi connectivity index (χ4n) is 3.21. The van der Waals surface area contributed by atoms with E-state index in [1.54, 1.807) is 13.8 Å². The molecule has 35 heavy (non-hydrogen) atoms. The van der Waals surface area contributed by atoms with E-state index in [1.807, 2.05) is 13.8 Å². The number of nitrogens with two attached hydrogens (primary N) is 3. The summed E-state index contributed by atoms with van der Waals surface area (Å²) in [4.78, 5) is 72.4. The molecule has 0 fully saturated rings. The first-order valence-corrected chi connectivity index (χ1v) is 11.7. The summed E-state index contributed by atoms with van der Waals surface area (Å²) in [6.45, 7) is 7.15. The number of hydrogen-bond acceptors (Lipinski definition) is 7. The number of aliphatic carboxylic acids is 1. The van der Waals surface area contributed by atoms with Crippen molar-refractivity contribution in [1.82, 2.24) is 16.0 Å². The Labute approximate surface area is 205 Å². The van der Waals surface area contributed by atoms with E-state index in [-0.39, 0.29) is 31.6 Å². The van der Waals surface area contributed by atoms with E-state index in [2.05, 4.69) is 16.0 Å². The van der Waals surface area contributed by atoms with Crippen molar-refractivity contribution in [2.45, 2.75) is 90.4 Å². The molecule has 0 heterocycles. The van der Waals surface area contributed by atoms with E-state index in [4.69, 9.17) is 17.2 Å². The molecule has 200 valence electrons. The lowest BCUT2D eigenvalue weighted by Crippen LogP contribution is -2.58. The maximum absolute atomic E-state index is 13.0. The van der Waals surface area contributed by atoms with Crippen LogP contribution in [0, 0.1) is 11.8 Å². The van der Waals surface area contributed by atoms with Crippen molar-refractivity contribution in [2.24, 2.45) is 29.0 Å². The van der Waals surface area contributed by atoms with Crippen molar-refractivity contribution in [3.63, 3.8) is 0 Å². The zero-order valence-corrected chi connectivity index (χ0v) is 20.8. The van der Waals surface area contributed by atoms with Crippen LogP contribution < -0.4 is 33.2 Å². The van der Waals surface area contributed by atoms with Gasteiger partial charge in [0.15, 0.2) is 0 Å². The number of carboxylic acid groups (broad SMARTS) is 1. The number of carbonyl (C=O) groups excluding carboxylic acids is 5. The van der Waals surface area contributed by atoms with Crippen molar-refractivity contribution in [2.75, 3.05) is 0 Å². The highest BCUT2D eigenvalue weighted by Crippen LogP contribution is 2.10. The van der Waals surface area contributed by atoms with E-state index < -0.39 is 65.6 Å². The van der Waals surface area contributed by atoms with Gasteiger partial charge in [-0.15, -0.1) is 0 Å². The molecule has 0 aromatic rings. The fraction of sp³-hybridized carbons (Fsp3) is 0.727. The summed E-state index contributed by atoms with van der Waals surface area (Å²) >= 11 is 0. The number of hydrogen-bond donors (Lipinski definition) is 7. The molecule has 13 heteroatoms. The standard InChI is InChI=1S/C22H40N6O7/c1-5-12(4)18(22(34)35)28-21(33)15(7-9-17(25)30)27-20(32)14(6-8-16(24)29)26-19(31)13(23)10-11(2)3/h11-15,18H,5-10,23H2,1-4H3,(H2,24,29)(H2,25,30)(H,26,31)(H,27,32)(H,28,33)(H,34,35). The smallest absolute Gasteiger partial charge is 0.326 e. The summed E-state index contributed by atoms with van der Waals surface area (Å²) in [5.41, 5.74) is 16.2. The maximum atomic E-state index is 13.0. The Morgan fingerprint density at radius 2 is 1.20 bits per heavy atom. The minimum atomic E-state index is -1.32. The fourth-order valence-corrected chi connectivity index (χ4v) is 3.21. The average molecular weight is 501 g/mol. The summed E-state index contributed by atoms with van der Waals surface area (Å²) in [6.07, 6.45) is -0.0412. The van der Waals surface area contributed by atoms with Crippen LogP contribution in [-0.2, 0) is 28.8 Å². The first-order chi connectivity index (χ1) is 16.2. The van der Waals surface area contributed by atoms with E-state index >= 15 is 0 Å². The van der Waals surface area contributed by atoms with Crippen LogP contribution in [0.15, 0.2) is 0 Å². The van der Waals surface area contributed by atoms with Crippen LogP contribution in [0.1, 0.15) is 66.2 Å². The molecule has 0 aliphatic rings. The molecule has 13 nitrogen and oxygen atoms in total. The molecule has 10 N–H and O–H groups in total. The lowest BCUT2D eigenvalue weighted by Gasteiger charge is -2.26. The van der Waals surface area contributed by atoms with E-state index in [0.717, 1.165) is 0 Å². The van der Waals surface area contributed by atoms with Crippen LogP contribution in [0.4, 0.5) is 0 Å². The quantitative estimate of drug-likeness (QED) is 0.123. The highest BCUT2D eigenvalue weighted by atomic mass is 16.4. The van der Waals surface area contributed by atoms with Gasteiger partial charge in [-0.1, -0.05) is 34.1 Å². The summed E-state index contributed by atoms with van der Waals surface area (Å²) in [5, 5.41) is 16.7. The Bertz CT molecular complexity index is 773. The Morgan fingerprint density at radius 3 is 1.57 bits per heavy atom. The lowest BCUT2D eigenvalue weighted by molar-refractivity contribution is -0.144. The van der Waals surface area contributed by atoms with E-state index in [9.17, 15) is 33.9 Å². The molecular formula is C22H40N6O7. The summed E-state index contributed by atoms with van der Waals surface area (Å²) in [5.74, 6) is -5.25. The van der Waals surface area contributed by atoms with Gasteiger partial charge in [-0.05, 0) is 31.1 Å². The zero-order chi connectivity index (χ0) is 27.3. The number of nitrogens with one attached hydrogen (secondary N) is 3. The van der Waals surface area contributed by atoms with Gasteiger partial charge in [0.05, 0.1) is 6.04 Å². The molecule has 0 aliphatic carbocycles. The molecule has 0 radical (unpaired) electrons. The van der Waals surface area contributed by atoms with Gasteiger partial charge in [0.25, 0.3) is 0 Å². The van der Waals surface area contributed by atoms with Crippen LogP contribution in [0.3, 0.4) is 0 Å². The van der Waals surface area contributed by atoms with Gasteiger partial charge in [0.2, 0.25) is 29.5 Å². The molecule has 0 aromatic heterocycles. The lowest BCUT2D eigenvalue weighted by atomic mass is 9.98. The van der Waals surface area contributed by atoms with Gasteiger partial charge in [0, 0.05) is 12.8 Å². The topological polar surface area (TPSA) is 237 Å². The number of primary amides is 2. The number of rotatable bonds is 17. The normalized spacial score (nSPS) is 15.3. The molecule has 0 saturated carbocycles. The molecule has 5 unspecified atom stereocenters. The third-order valence-electron chi connectivity index (χ3n) is 5.46. The van der Waals surface area contributed by atoms with Crippen LogP contribution in [0.25, 0.3) is 0 Å². The maximum Gasteiger partial charge on any atom is 0.326 e. The second kappa shape index (κ2) is 15.6. The third kappa shape index (κ3) is 12.7. The van der Waals surface area contributed by atoms with Crippen LogP contribution in [0.5, 0.6) is 0 Å². The van der Waals surface area contributed by atoms with Crippen molar-refractivity contribution in [1.29, 1.82) is 0 Å². The molecule has 0 aromatic carbocycles. The Hall–Kier alpha value is -3.22. The highest BCUT2D eigenvalue weighted by molar-refractivity contribution is 5.94. The molecule has 5 atom stereocenters. The first kappa shape index (κ1) is 31.8. The molecule has 0 saturated heterocycles. The predicted molar refractivity (Wildman–Crippen MR) is 127 cm³/mol. The molecule has 0 aliphatic heterocycles. The number of amides is 5. The average Bonchev–Trinajstić information content (AvgIpc) is 2.75. The molecular weight excluding hydrogens is 460 g/mol. The molecule has 0 spiro atoms. The Balaban J connectivity index is 5.68. The van der Waals surface area contributed by atoms with Gasteiger partial charge in [-0.2, -0.15) is 0 Å². The predicted octanol–water partition coefficient (Wildman–Crippen LogP) is -1.52. The summed E-state index contributed by atoms with van der Waals surface area (Å²) < 4.78 is 0. The largest absolute Gasteiger partial charge is 0.480 e. The van der Waals surface area contributed by atoms with Crippen molar-refractivity contribution < 1.29 is 33.9 Å². The van der Waals surface area contributed by atoms with Gasteiger partial charge >= 0.3 is 5.97 Å². The first-order valence-electron chi connectivity index (χ1n) is 11.7. The molecule has 5 amide bonds. The summed E-state index contributed by atoms with van der Waals surface area (Å²) in [6, 6.07) is -4.69. The SMILES string of the molecule is CCC(C)C(NC(=O)C(CCC(N)=O)NC(=O)C(CCC(N)=O)NC(=O)C(N)CC(C)C)C(=O)O. The molecule has 0 rings (SSSR count). The minimum Gasteiger partial charge on any atom is -0.480 e. The van der Waals surface area contributed by atoms with E-state index in [1.165, 1.54) is 0 Å². The highest BCUT2D eigenvalue weighted by Gasteiger charge is 2.32. The Kier molecular flexibility index (Phi) is 14.2. The van der Waals surface area contributed by atoms with Gasteiger partial charge in [0.1, 0.15) is 18.1 Å². The monoisotopic (exact) mass is 500 g/mol. The van der Waals surface area contributed by atoms with Crippen molar-refractivity contribution in [3.8, 4) is 0 Å². The van der Waals surface area contributed by atoms with Crippen molar-refractivity contribution in [3.05, 3.63) is 0 Å². The van der Waals surface area contributed by atoms with Crippen LogP contribution in [0.2, 0.25) is 0 Å². The zero-order valence-electron chi connectivity index (χ0n) is 20.8. The molecule has 0 bridgehead atoms. The number of carbonyl (C=O) groups is 6.